The van der Waals surface area contributed by atoms with Crippen molar-refractivity contribution in [2.45, 2.75) is 39.5 Å². The second kappa shape index (κ2) is 10.7. The Bertz CT molecular complexity index is 603. The number of rotatable bonds is 8. The monoisotopic (exact) mass is 360 g/mol. The lowest BCUT2D eigenvalue weighted by Gasteiger charge is -2.34. The van der Waals surface area contributed by atoms with E-state index in [-0.39, 0.29) is 5.91 Å². The van der Waals surface area contributed by atoms with Crippen LogP contribution in [-0.2, 0) is 11.2 Å². The van der Waals surface area contributed by atoms with Gasteiger partial charge in [0.15, 0.2) is 5.96 Å². The molecule has 0 bridgehead atoms. The zero-order chi connectivity index (χ0) is 18.8. The molecule has 1 aliphatic rings. The van der Waals surface area contributed by atoms with Gasteiger partial charge in [-0.25, -0.2) is 0 Å². The average Bonchev–Trinajstić information content (AvgIpc) is 2.61. The summed E-state index contributed by atoms with van der Waals surface area (Å²) in [5.41, 5.74) is 6.59. The largest absolute Gasteiger partial charge is 0.494 e. The van der Waals surface area contributed by atoms with Gasteiger partial charge >= 0.3 is 0 Å². The Morgan fingerprint density at radius 2 is 2.27 bits per heavy atom. The van der Waals surface area contributed by atoms with E-state index in [9.17, 15) is 4.79 Å². The van der Waals surface area contributed by atoms with Crippen LogP contribution in [-0.4, -0.2) is 49.6 Å². The van der Waals surface area contributed by atoms with Gasteiger partial charge in [0.25, 0.3) is 0 Å². The molecule has 2 rings (SSSR count). The topological polar surface area (TPSA) is 80.0 Å². The van der Waals surface area contributed by atoms with Gasteiger partial charge in [0.05, 0.1) is 6.61 Å². The lowest BCUT2D eigenvalue weighted by atomic mass is 9.95. The van der Waals surface area contributed by atoms with Crippen LogP contribution < -0.4 is 15.8 Å². The van der Waals surface area contributed by atoms with Gasteiger partial charge in [-0.15, -0.1) is 0 Å². The number of benzene rings is 1. The van der Waals surface area contributed by atoms with Crippen molar-refractivity contribution >= 4 is 11.9 Å². The Kier molecular flexibility index (Phi) is 8.25. The molecule has 26 heavy (non-hydrogen) atoms. The van der Waals surface area contributed by atoms with E-state index in [0.717, 1.165) is 57.2 Å². The first-order chi connectivity index (χ1) is 12.6. The van der Waals surface area contributed by atoms with E-state index < -0.39 is 0 Å². The predicted octanol–water partition coefficient (Wildman–Crippen LogP) is 2.18. The first-order valence-electron chi connectivity index (χ1n) is 9.65. The number of likely N-dealkylation sites (tertiary alicyclic amines) is 1. The molecule has 0 spiro atoms. The second-order valence-corrected chi connectivity index (χ2v) is 6.69. The maximum Gasteiger partial charge on any atom is 0.217 e. The fourth-order valence-corrected chi connectivity index (χ4v) is 3.38. The lowest BCUT2D eigenvalue weighted by molar-refractivity contribution is -0.119. The fourth-order valence-electron chi connectivity index (χ4n) is 3.38. The third-order valence-electron chi connectivity index (χ3n) is 4.51. The molecule has 0 aliphatic carbocycles. The summed E-state index contributed by atoms with van der Waals surface area (Å²) in [6, 6.07) is 8.19. The molecule has 1 aromatic carbocycles. The van der Waals surface area contributed by atoms with Crippen molar-refractivity contribution in [3.8, 4) is 5.75 Å². The van der Waals surface area contributed by atoms with E-state index in [1.807, 2.05) is 19.1 Å². The van der Waals surface area contributed by atoms with Gasteiger partial charge in [-0.3, -0.25) is 9.79 Å². The van der Waals surface area contributed by atoms with Gasteiger partial charge in [-0.05, 0) is 56.7 Å². The van der Waals surface area contributed by atoms with Gasteiger partial charge in [0, 0.05) is 32.6 Å². The third-order valence-corrected chi connectivity index (χ3v) is 4.51. The molecule has 1 amide bonds. The molecule has 0 aromatic heterocycles. The number of nitrogens with two attached hydrogens (primary N) is 1. The maximum atomic E-state index is 11.2. The van der Waals surface area contributed by atoms with Crippen molar-refractivity contribution in [1.82, 2.24) is 10.2 Å². The Hall–Kier alpha value is -2.24. The van der Waals surface area contributed by atoms with Crippen LogP contribution in [0.3, 0.4) is 0 Å². The van der Waals surface area contributed by atoms with Crippen LogP contribution in [0.25, 0.3) is 0 Å². The number of carbonyl (C=O) groups is 1. The molecule has 1 unspecified atom stereocenters. The number of nitrogens with zero attached hydrogens (tertiary/aromatic N) is 2. The Labute approximate surface area is 156 Å². The van der Waals surface area contributed by atoms with Gasteiger partial charge in [-0.1, -0.05) is 12.1 Å². The highest BCUT2D eigenvalue weighted by atomic mass is 16.5. The van der Waals surface area contributed by atoms with Crippen molar-refractivity contribution in [2.24, 2.45) is 16.6 Å². The molecule has 1 saturated heterocycles. The number of amides is 1. The van der Waals surface area contributed by atoms with Crippen LogP contribution in [0.1, 0.15) is 38.7 Å². The van der Waals surface area contributed by atoms with Crippen molar-refractivity contribution in [1.29, 1.82) is 0 Å². The minimum absolute atomic E-state index is 0.215. The van der Waals surface area contributed by atoms with E-state index >= 15 is 0 Å². The van der Waals surface area contributed by atoms with Crippen molar-refractivity contribution in [2.75, 3.05) is 32.8 Å². The first kappa shape index (κ1) is 20.1. The summed E-state index contributed by atoms with van der Waals surface area (Å²) in [6.07, 6.45) is 3.45. The summed E-state index contributed by atoms with van der Waals surface area (Å²) in [7, 11) is 0. The van der Waals surface area contributed by atoms with Gasteiger partial charge in [0.1, 0.15) is 5.75 Å². The molecule has 0 radical (unpaired) electrons. The number of guanidine groups is 1. The predicted molar refractivity (Wildman–Crippen MR) is 105 cm³/mol. The van der Waals surface area contributed by atoms with Crippen LogP contribution in [0.4, 0.5) is 0 Å². The number of nitrogens with one attached hydrogen (secondary N) is 1. The van der Waals surface area contributed by atoms with Gasteiger partial charge in [-0.2, -0.15) is 0 Å². The summed E-state index contributed by atoms with van der Waals surface area (Å²) in [5, 5.41) is 3.38. The summed E-state index contributed by atoms with van der Waals surface area (Å²) < 4.78 is 5.56. The highest BCUT2D eigenvalue weighted by Gasteiger charge is 2.23. The summed E-state index contributed by atoms with van der Waals surface area (Å²) in [4.78, 5) is 18.3. The zero-order valence-electron chi connectivity index (χ0n) is 16.0. The average molecular weight is 361 g/mol. The fraction of sp³-hybridized carbons (Fsp3) is 0.600. The maximum absolute atomic E-state index is 11.2. The second-order valence-electron chi connectivity index (χ2n) is 6.69. The first-order valence-corrected chi connectivity index (χ1v) is 9.65. The third kappa shape index (κ3) is 6.58. The number of ether oxygens (including phenoxy) is 1. The Morgan fingerprint density at radius 1 is 1.42 bits per heavy atom. The van der Waals surface area contributed by atoms with Crippen molar-refractivity contribution < 1.29 is 9.53 Å². The SMILES string of the molecule is CCNC(=NCCc1cccc(OCC)c1)N1CCCC(CC(N)=O)C1. The number of primary amides is 1. The normalized spacial score (nSPS) is 17.8. The molecule has 3 N–H and O–H groups in total. The minimum Gasteiger partial charge on any atom is -0.494 e. The number of piperidine rings is 1. The van der Waals surface area contributed by atoms with Gasteiger partial charge in [0.2, 0.25) is 5.91 Å². The number of aliphatic imine (C=N–C) groups is 1. The quantitative estimate of drug-likeness (QED) is 0.550. The van der Waals surface area contributed by atoms with E-state index in [1.54, 1.807) is 0 Å². The standard InChI is InChI=1S/C20H32N4O2/c1-3-22-20(24-12-6-8-17(15-24)14-19(21)25)23-11-10-16-7-5-9-18(13-16)26-4-2/h5,7,9,13,17H,3-4,6,8,10-12,14-15H2,1-2H3,(H2,21,25)(H,22,23). The molecule has 6 nitrogen and oxygen atoms in total. The molecule has 1 atom stereocenters. The highest BCUT2D eigenvalue weighted by Crippen LogP contribution is 2.19. The zero-order valence-corrected chi connectivity index (χ0v) is 16.0. The van der Waals surface area contributed by atoms with Crippen LogP contribution in [0.5, 0.6) is 5.75 Å². The molecule has 1 fully saturated rings. The molecule has 1 aromatic rings. The van der Waals surface area contributed by atoms with E-state index in [4.69, 9.17) is 15.5 Å². The van der Waals surface area contributed by atoms with Crippen LogP contribution in [0.2, 0.25) is 0 Å². The molecule has 0 saturated carbocycles. The van der Waals surface area contributed by atoms with Crippen LogP contribution >= 0.6 is 0 Å². The summed E-state index contributed by atoms with van der Waals surface area (Å²) in [6.45, 7) is 8.10. The molecule has 6 heteroatoms. The molecular weight excluding hydrogens is 328 g/mol. The summed E-state index contributed by atoms with van der Waals surface area (Å²) >= 11 is 0. The highest BCUT2D eigenvalue weighted by molar-refractivity contribution is 5.80. The van der Waals surface area contributed by atoms with Crippen LogP contribution in [0, 0.1) is 5.92 Å². The van der Waals surface area contributed by atoms with Crippen molar-refractivity contribution in [3.63, 3.8) is 0 Å². The number of carbonyl (C=O) groups excluding carboxylic acids is 1. The van der Waals surface area contributed by atoms with Crippen LogP contribution in [0.15, 0.2) is 29.3 Å². The number of hydrogen-bond donors (Lipinski definition) is 2. The Balaban J connectivity index is 1.95. The lowest BCUT2D eigenvalue weighted by Crippen LogP contribution is -2.47. The number of hydrogen-bond acceptors (Lipinski definition) is 3. The summed E-state index contributed by atoms with van der Waals surface area (Å²) in [5.74, 6) is 1.95. The minimum atomic E-state index is -0.215. The van der Waals surface area contributed by atoms with E-state index in [2.05, 4.69) is 29.3 Å². The molecular formula is C20H32N4O2. The molecule has 1 aliphatic heterocycles. The molecule has 1 heterocycles. The van der Waals surface area contributed by atoms with Crippen molar-refractivity contribution in [3.05, 3.63) is 29.8 Å². The Morgan fingerprint density at radius 3 is 3.00 bits per heavy atom. The molecule has 144 valence electrons. The van der Waals surface area contributed by atoms with Gasteiger partial charge < -0.3 is 20.7 Å². The van der Waals surface area contributed by atoms with E-state index in [0.29, 0.717) is 18.9 Å². The smallest absolute Gasteiger partial charge is 0.217 e. The van der Waals surface area contributed by atoms with E-state index in [1.165, 1.54) is 5.56 Å².